The van der Waals surface area contributed by atoms with Crippen molar-refractivity contribution >= 4 is 36.2 Å². The van der Waals surface area contributed by atoms with Gasteiger partial charge >= 0.3 is 0 Å². The first-order valence-electron chi connectivity index (χ1n) is 5.06. The zero-order valence-corrected chi connectivity index (χ0v) is 11.6. The minimum atomic E-state index is -1.47. The third-order valence-electron chi connectivity index (χ3n) is 2.41. The monoisotopic (exact) mass is 255 g/mol. The molecule has 0 aliphatic rings. The fourth-order valence-electron chi connectivity index (χ4n) is 1.44. The fourth-order valence-corrected chi connectivity index (χ4v) is 2.68. The molecular formula is C11H14ClNO2Si. The highest BCUT2D eigenvalue weighted by Crippen LogP contribution is 2.31. The average molecular weight is 256 g/mol. The van der Waals surface area contributed by atoms with E-state index in [9.17, 15) is 0 Å². The zero-order chi connectivity index (χ0) is 11.9. The van der Waals surface area contributed by atoms with Gasteiger partial charge in [0.25, 0.3) is 0 Å². The van der Waals surface area contributed by atoms with E-state index < -0.39 is 8.07 Å². The average Bonchev–Trinajstić information content (AvgIpc) is 2.62. The maximum absolute atomic E-state index is 6.16. The molecule has 0 aromatic carbocycles. The van der Waals surface area contributed by atoms with Crippen LogP contribution < -0.4 is 10.1 Å². The first-order valence-corrected chi connectivity index (χ1v) is 8.94. The lowest BCUT2D eigenvalue weighted by Crippen LogP contribution is -2.36. The summed E-state index contributed by atoms with van der Waals surface area (Å²) < 4.78 is 10.9. The van der Waals surface area contributed by atoms with Gasteiger partial charge in [-0.05, 0) is 0 Å². The van der Waals surface area contributed by atoms with Crippen molar-refractivity contribution in [2.24, 2.45) is 0 Å². The van der Waals surface area contributed by atoms with Gasteiger partial charge in [-0.25, -0.2) is 4.98 Å². The Hall–Kier alpha value is -1.00. The van der Waals surface area contributed by atoms with Crippen LogP contribution in [0, 0.1) is 0 Å². The molecule has 0 fully saturated rings. The molecule has 0 saturated carbocycles. The summed E-state index contributed by atoms with van der Waals surface area (Å²) in [5, 5.41) is 1.50. The lowest BCUT2D eigenvalue weighted by molar-refractivity contribution is 0.413. The largest absolute Gasteiger partial charge is 0.493 e. The number of fused-ring (bicyclic) bond motifs is 1. The highest BCUT2D eigenvalue weighted by Gasteiger charge is 2.23. The van der Waals surface area contributed by atoms with Crippen LogP contribution in [0.15, 0.2) is 16.7 Å². The molecule has 0 radical (unpaired) electrons. The number of aromatic nitrogens is 1. The Morgan fingerprint density at radius 1 is 1.38 bits per heavy atom. The SMILES string of the molecule is COc1cnc2cc([Si](C)(C)C)oc2c1Cl. The van der Waals surface area contributed by atoms with E-state index in [1.165, 1.54) is 0 Å². The molecule has 2 aromatic rings. The molecule has 0 bridgehead atoms. The normalized spacial score (nSPS) is 12.1. The summed E-state index contributed by atoms with van der Waals surface area (Å²) in [6.07, 6.45) is 1.62. The van der Waals surface area contributed by atoms with Crippen LogP contribution in [0.1, 0.15) is 0 Å². The number of furan rings is 1. The number of pyridine rings is 1. The van der Waals surface area contributed by atoms with E-state index in [0.29, 0.717) is 16.4 Å². The first-order chi connectivity index (χ1) is 7.43. The summed E-state index contributed by atoms with van der Waals surface area (Å²) in [4.78, 5) is 4.27. The molecule has 0 aliphatic carbocycles. The Bertz CT molecular complexity index is 530. The van der Waals surface area contributed by atoms with Gasteiger partial charge < -0.3 is 9.15 Å². The number of hydrogen-bond acceptors (Lipinski definition) is 3. The van der Waals surface area contributed by atoms with Crippen molar-refractivity contribution in [3.05, 3.63) is 17.3 Å². The maximum atomic E-state index is 6.16. The quantitative estimate of drug-likeness (QED) is 0.774. The summed E-state index contributed by atoms with van der Waals surface area (Å²) >= 11 is 6.16. The Morgan fingerprint density at radius 2 is 2.06 bits per heavy atom. The molecule has 2 aromatic heterocycles. The second-order valence-corrected chi connectivity index (χ2v) is 10.1. The molecule has 0 amide bonds. The molecule has 2 rings (SSSR count). The van der Waals surface area contributed by atoms with Crippen LogP contribution in [0.2, 0.25) is 24.7 Å². The van der Waals surface area contributed by atoms with Crippen LogP contribution in [0.3, 0.4) is 0 Å². The molecule has 86 valence electrons. The van der Waals surface area contributed by atoms with Crippen LogP contribution >= 0.6 is 11.6 Å². The molecule has 0 atom stereocenters. The summed E-state index contributed by atoms with van der Waals surface area (Å²) in [5.41, 5.74) is 1.42. The second kappa shape index (κ2) is 3.78. The highest BCUT2D eigenvalue weighted by molar-refractivity contribution is 6.87. The van der Waals surface area contributed by atoms with Crippen molar-refractivity contribution in [3.8, 4) is 5.75 Å². The van der Waals surface area contributed by atoms with Gasteiger partial charge in [0.15, 0.2) is 11.3 Å². The number of hydrogen-bond donors (Lipinski definition) is 0. The number of halogens is 1. The van der Waals surface area contributed by atoms with Crippen LogP contribution in [0.4, 0.5) is 0 Å². The Labute approximate surface area is 100 Å². The number of methoxy groups -OCH3 is 1. The van der Waals surface area contributed by atoms with Gasteiger partial charge in [0.2, 0.25) is 0 Å². The second-order valence-electron chi connectivity index (χ2n) is 4.72. The zero-order valence-electron chi connectivity index (χ0n) is 9.80. The molecule has 3 nitrogen and oxygen atoms in total. The van der Waals surface area contributed by atoms with E-state index in [1.807, 2.05) is 6.07 Å². The lowest BCUT2D eigenvalue weighted by atomic mass is 10.4. The molecule has 5 heteroatoms. The molecule has 2 heterocycles. The van der Waals surface area contributed by atoms with Gasteiger partial charge in [0.05, 0.1) is 18.7 Å². The van der Waals surface area contributed by atoms with Crippen molar-refractivity contribution in [2.75, 3.05) is 7.11 Å². The van der Waals surface area contributed by atoms with Crippen molar-refractivity contribution in [2.45, 2.75) is 19.6 Å². The van der Waals surface area contributed by atoms with Crippen LogP contribution in [-0.2, 0) is 0 Å². The standard InChI is InChI=1S/C11H14ClNO2Si/c1-14-8-6-13-7-5-9(16(2,3)4)15-11(7)10(8)12/h5-6H,1-4H3. The summed E-state index contributed by atoms with van der Waals surface area (Å²) in [6.45, 7) is 6.65. The summed E-state index contributed by atoms with van der Waals surface area (Å²) in [6, 6.07) is 1.98. The van der Waals surface area contributed by atoms with E-state index >= 15 is 0 Å². The van der Waals surface area contributed by atoms with Crippen molar-refractivity contribution < 1.29 is 9.15 Å². The Balaban J connectivity index is 2.67. The molecule has 0 saturated heterocycles. The summed E-state index contributed by atoms with van der Waals surface area (Å²) in [5.74, 6) is 0.547. The molecule has 0 aliphatic heterocycles. The number of rotatable bonds is 2. The highest BCUT2D eigenvalue weighted by atomic mass is 35.5. The van der Waals surface area contributed by atoms with Gasteiger partial charge in [-0.3, -0.25) is 0 Å². The van der Waals surface area contributed by atoms with Crippen molar-refractivity contribution in [1.29, 1.82) is 0 Å². The number of ether oxygens (including phenoxy) is 1. The van der Waals surface area contributed by atoms with E-state index in [2.05, 4.69) is 24.6 Å². The molecule has 0 spiro atoms. The smallest absolute Gasteiger partial charge is 0.174 e. The van der Waals surface area contributed by atoms with Gasteiger partial charge in [-0.2, -0.15) is 0 Å². The van der Waals surface area contributed by atoms with Gasteiger partial charge in [0, 0.05) is 6.07 Å². The predicted molar refractivity (Wildman–Crippen MR) is 68.6 cm³/mol. The number of nitrogens with zero attached hydrogens (tertiary/aromatic N) is 1. The Morgan fingerprint density at radius 3 is 2.62 bits per heavy atom. The van der Waals surface area contributed by atoms with E-state index in [0.717, 1.165) is 10.9 Å². The first kappa shape index (κ1) is 11.5. The molecule has 0 N–H and O–H groups in total. The lowest BCUT2D eigenvalue weighted by Gasteiger charge is -2.10. The Kier molecular flexibility index (Phi) is 2.72. The third kappa shape index (κ3) is 1.83. The van der Waals surface area contributed by atoms with E-state index in [1.54, 1.807) is 13.3 Å². The predicted octanol–water partition coefficient (Wildman–Crippen LogP) is 3.04. The van der Waals surface area contributed by atoms with Crippen LogP contribution in [0.25, 0.3) is 11.1 Å². The van der Waals surface area contributed by atoms with Crippen LogP contribution in [-0.4, -0.2) is 20.2 Å². The molecular weight excluding hydrogens is 242 g/mol. The van der Waals surface area contributed by atoms with Crippen molar-refractivity contribution in [3.63, 3.8) is 0 Å². The maximum Gasteiger partial charge on any atom is 0.174 e. The summed E-state index contributed by atoms with van der Waals surface area (Å²) in [7, 11) is 0.0935. The topological polar surface area (TPSA) is 35.3 Å². The van der Waals surface area contributed by atoms with Gasteiger partial charge in [0.1, 0.15) is 18.6 Å². The molecule has 0 unspecified atom stereocenters. The fraction of sp³-hybridized carbons (Fsp3) is 0.364. The van der Waals surface area contributed by atoms with Gasteiger partial charge in [-0.1, -0.05) is 31.2 Å². The van der Waals surface area contributed by atoms with Crippen LogP contribution in [0.5, 0.6) is 5.75 Å². The van der Waals surface area contributed by atoms with Gasteiger partial charge in [-0.15, -0.1) is 0 Å². The van der Waals surface area contributed by atoms with E-state index in [4.69, 9.17) is 20.8 Å². The third-order valence-corrected chi connectivity index (χ3v) is 4.49. The molecule has 16 heavy (non-hydrogen) atoms. The minimum absolute atomic E-state index is 0.497. The minimum Gasteiger partial charge on any atom is -0.493 e. The van der Waals surface area contributed by atoms with E-state index in [-0.39, 0.29) is 0 Å². The van der Waals surface area contributed by atoms with Crippen molar-refractivity contribution in [1.82, 2.24) is 4.98 Å².